The van der Waals surface area contributed by atoms with E-state index in [4.69, 9.17) is 5.73 Å². The smallest absolute Gasteiger partial charge is 0.0505 e. The van der Waals surface area contributed by atoms with Gasteiger partial charge in [0.1, 0.15) is 0 Å². The molecule has 0 radical (unpaired) electrons. The molecule has 1 heterocycles. The molecule has 0 aromatic carbocycles. The minimum Gasteiger partial charge on any atom is -0.396 e. The first kappa shape index (κ1) is 13.7. The molecule has 1 atom stereocenters. The Balaban J connectivity index is 2.82. The Labute approximate surface area is 102 Å². The van der Waals surface area contributed by atoms with E-state index < -0.39 is 0 Å². The van der Waals surface area contributed by atoms with E-state index in [9.17, 15) is 5.11 Å². The lowest BCUT2D eigenvalue weighted by molar-refractivity contribution is 0.0851. The van der Waals surface area contributed by atoms with Gasteiger partial charge < -0.3 is 10.8 Å². The van der Waals surface area contributed by atoms with Gasteiger partial charge in [-0.2, -0.15) is 0 Å². The maximum absolute atomic E-state index is 9.60. The van der Waals surface area contributed by atoms with Crippen LogP contribution < -0.4 is 5.73 Å². The van der Waals surface area contributed by atoms with Crippen molar-refractivity contribution in [1.82, 2.24) is 0 Å². The van der Waals surface area contributed by atoms with Crippen molar-refractivity contribution in [2.45, 2.75) is 33.6 Å². The summed E-state index contributed by atoms with van der Waals surface area (Å²) in [6.07, 6.45) is 1.98. The molecule has 0 aliphatic carbocycles. The first-order valence-electron chi connectivity index (χ1n) is 5.96. The molecule has 0 spiro atoms. The highest BCUT2D eigenvalue weighted by molar-refractivity contribution is 7.11. The van der Waals surface area contributed by atoms with Crippen molar-refractivity contribution in [3.63, 3.8) is 0 Å². The molecule has 0 fully saturated rings. The Morgan fingerprint density at radius 2 is 2.00 bits per heavy atom. The summed E-state index contributed by atoms with van der Waals surface area (Å²) in [7, 11) is 0. The van der Waals surface area contributed by atoms with Gasteiger partial charge in [-0.15, -0.1) is 11.3 Å². The molecule has 0 aliphatic rings. The van der Waals surface area contributed by atoms with Gasteiger partial charge >= 0.3 is 0 Å². The Morgan fingerprint density at radius 3 is 2.38 bits per heavy atom. The number of aryl methyl sites for hydroxylation is 1. The number of rotatable bonds is 6. The van der Waals surface area contributed by atoms with Gasteiger partial charge in [-0.1, -0.05) is 20.8 Å². The predicted octanol–water partition coefficient (Wildman–Crippen LogP) is 2.45. The molecule has 0 saturated heterocycles. The molecule has 3 heteroatoms. The lowest BCUT2D eigenvalue weighted by atomic mass is 9.75. The zero-order valence-electron chi connectivity index (χ0n) is 10.5. The summed E-state index contributed by atoms with van der Waals surface area (Å²) in [6, 6.07) is 4.35. The Hall–Kier alpha value is -0.380. The van der Waals surface area contributed by atoms with E-state index in [-0.39, 0.29) is 12.0 Å². The van der Waals surface area contributed by atoms with Crippen molar-refractivity contribution in [1.29, 1.82) is 0 Å². The van der Waals surface area contributed by atoms with E-state index in [1.807, 2.05) is 11.3 Å². The second-order valence-corrected chi connectivity index (χ2v) is 6.03. The highest BCUT2D eigenvalue weighted by atomic mass is 32.1. The zero-order valence-corrected chi connectivity index (χ0v) is 11.3. The molecule has 0 aliphatic heterocycles. The largest absolute Gasteiger partial charge is 0.396 e. The molecule has 0 saturated carbocycles. The molecule has 1 aromatic heterocycles. The summed E-state index contributed by atoms with van der Waals surface area (Å²) >= 11 is 1.84. The third-order valence-electron chi connectivity index (χ3n) is 3.54. The maximum Gasteiger partial charge on any atom is 0.0505 e. The van der Waals surface area contributed by atoms with E-state index in [1.54, 1.807) is 0 Å². The lowest BCUT2D eigenvalue weighted by Gasteiger charge is -2.34. The van der Waals surface area contributed by atoms with Crippen LogP contribution in [0.15, 0.2) is 12.1 Å². The number of thiophene rings is 1. The molecule has 1 unspecified atom stereocenters. The number of nitrogens with two attached hydrogens (primary N) is 1. The highest BCUT2D eigenvalue weighted by Crippen LogP contribution is 2.32. The standard InChI is InChI=1S/C13H23NOS/c1-4-11-5-6-12(16-11)7-13(8-14,9-15)10(2)3/h5-6,10,15H,4,7-9,14H2,1-3H3. The topological polar surface area (TPSA) is 46.2 Å². The number of aliphatic hydroxyl groups excluding tert-OH is 1. The van der Waals surface area contributed by atoms with Crippen LogP contribution in [0.2, 0.25) is 0 Å². The van der Waals surface area contributed by atoms with Crippen molar-refractivity contribution in [3.05, 3.63) is 21.9 Å². The van der Waals surface area contributed by atoms with Crippen LogP contribution in [0.3, 0.4) is 0 Å². The molecule has 3 N–H and O–H groups in total. The lowest BCUT2D eigenvalue weighted by Crippen LogP contribution is -2.41. The van der Waals surface area contributed by atoms with Crippen LogP contribution in [-0.2, 0) is 12.8 Å². The number of hydrogen-bond acceptors (Lipinski definition) is 3. The molecule has 2 nitrogen and oxygen atoms in total. The molecule has 0 amide bonds. The average molecular weight is 241 g/mol. The van der Waals surface area contributed by atoms with Crippen LogP contribution in [-0.4, -0.2) is 18.3 Å². The van der Waals surface area contributed by atoms with Crippen LogP contribution in [0.1, 0.15) is 30.5 Å². The van der Waals surface area contributed by atoms with Crippen molar-refractivity contribution >= 4 is 11.3 Å². The summed E-state index contributed by atoms with van der Waals surface area (Å²) in [5.41, 5.74) is 5.69. The van der Waals surface area contributed by atoms with Crippen molar-refractivity contribution in [2.75, 3.05) is 13.2 Å². The Bertz CT molecular complexity index is 315. The molecule has 16 heavy (non-hydrogen) atoms. The second-order valence-electron chi connectivity index (χ2n) is 4.78. The third kappa shape index (κ3) is 2.84. The highest BCUT2D eigenvalue weighted by Gasteiger charge is 2.32. The minimum absolute atomic E-state index is 0.157. The number of hydrogen-bond donors (Lipinski definition) is 2. The summed E-state index contributed by atoms with van der Waals surface area (Å²) in [5, 5.41) is 9.60. The van der Waals surface area contributed by atoms with Gasteiger partial charge in [0, 0.05) is 21.7 Å². The van der Waals surface area contributed by atoms with Crippen LogP contribution in [0.5, 0.6) is 0 Å². The van der Waals surface area contributed by atoms with Gasteiger partial charge in [0.2, 0.25) is 0 Å². The van der Waals surface area contributed by atoms with E-state index in [1.165, 1.54) is 9.75 Å². The zero-order chi connectivity index (χ0) is 12.2. The first-order chi connectivity index (χ1) is 7.57. The van der Waals surface area contributed by atoms with E-state index in [2.05, 4.69) is 32.9 Å². The first-order valence-corrected chi connectivity index (χ1v) is 6.78. The summed E-state index contributed by atoms with van der Waals surface area (Å²) in [5.74, 6) is 0.398. The molecule has 1 aromatic rings. The van der Waals surface area contributed by atoms with E-state index in [0.29, 0.717) is 12.5 Å². The van der Waals surface area contributed by atoms with Crippen molar-refractivity contribution < 1.29 is 5.11 Å². The van der Waals surface area contributed by atoms with Crippen molar-refractivity contribution in [3.8, 4) is 0 Å². The minimum atomic E-state index is -0.157. The summed E-state index contributed by atoms with van der Waals surface area (Å²) < 4.78 is 0. The molecule has 1 rings (SSSR count). The van der Waals surface area contributed by atoms with E-state index in [0.717, 1.165) is 12.8 Å². The van der Waals surface area contributed by atoms with Crippen LogP contribution in [0.4, 0.5) is 0 Å². The van der Waals surface area contributed by atoms with Crippen molar-refractivity contribution in [2.24, 2.45) is 17.1 Å². The molecular formula is C13H23NOS. The summed E-state index contributed by atoms with van der Waals surface area (Å²) in [6.45, 7) is 7.15. The maximum atomic E-state index is 9.60. The SMILES string of the molecule is CCc1ccc(CC(CN)(CO)C(C)C)s1. The predicted molar refractivity (Wildman–Crippen MR) is 70.8 cm³/mol. The van der Waals surface area contributed by atoms with Gasteiger partial charge in [0.05, 0.1) is 6.61 Å². The summed E-state index contributed by atoms with van der Waals surface area (Å²) in [4.78, 5) is 2.74. The van der Waals surface area contributed by atoms with Crippen LogP contribution in [0, 0.1) is 11.3 Å². The van der Waals surface area contributed by atoms with Gasteiger partial charge in [-0.05, 0) is 30.9 Å². The fourth-order valence-electron chi connectivity index (χ4n) is 1.87. The Kier molecular flexibility index (Phi) is 4.96. The van der Waals surface area contributed by atoms with Crippen LogP contribution >= 0.6 is 11.3 Å². The molecule has 92 valence electrons. The van der Waals surface area contributed by atoms with Gasteiger partial charge in [-0.3, -0.25) is 0 Å². The van der Waals surface area contributed by atoms with E-state index >= 15 is 0 Å². The molecular weight excluding hydrogens is 218 g/mol. The van der Waals surface area contributed by atoms with Gasteiger partial charge in [-0.25, -0.2) is 0 Å². The fourth-order valence-corrected chi connectivity index (χ4v) is 2.98. The average Bonchev–Trinajstić information content (AvgIpc) is 2.73. The normalized spacial score (nSPS) is 15.4. The van der Waals surface area contributed by atoms with Gasteiger partial charge in [0.25, 0.3) is 0 Å². The molecule has 0 bridgehead atoms. The third-order valence-corrected chi connectivity index (χ3v) is 4.77. The fraction of sp³-hybridized carbons (Fsp3) is 0.692. The van der Waals surface area contributed by atoms with Gasteiger partial charge in [0.15, 0.2) is 0 Å². The number of aliphatic hydroxyl groups is 1. The Morgan fingerprint density at radius 1 is 1.38 bits per heavy atom. The monoisotopic (exact) mass is 241 g/mol. The van der Waals surface area contributed by atoms with Crippen LogP contribution in [0.25, 0.3) is 0 Å². The second kappa shape index (κ2) is 5.80. The quantitative estimate of drug-likeness (QED) is 0.803.